The number of nitrogen functional groups attached to an aromatic ring is 1. The molecular weight excluding hydrogens is 290 g/mol. The van der Waals surface area contributed by atoms with Crippen LogP contribution in [0.25, 0.3) is 11.2 Å². The average Bonchev–Trinajstić information content (AvgIpc) is 2.92. The number of morpholine rings is 1. The van der Waals surface area contributed by atoms with E-state index < -0.39 is 0 Å². The van der Waals surface area contributed by atoms with Crippen LogP contribution < -0.4 is 22.3 Å². The number of imidazole rings is 1. The van der Waals surface area contributed by atoms with Crippen molar-refractivity contribution >= 4 is 17.1 Å². The number of hydrogen-bond acceptors (Lipinski definition) is 8. The number of anilines is 1. The summed E-state index contributed by atoms with van der Waals surface area (Å²) in [7, 11) is 0. The molecule has 1 saturated heterocycles. The van der Waals surface area contributed by atoms with Gasteiger partial charge in [-0.2, -0.15) is 4.98 Å². The Kier molecular flexibility index (Phi) is 5.09. The molecule has 1 aliphatic rings. The van der Waals surface area contributed by atoms with Crippen molar-refractivity contribution in [3.63, 3.8) is 0 Å². The van der Waals surface area contributed by atoms with Gasteiger partial charge in [0.05, 0.1) is 19.0 Å². The zero-order valence-electron chi connectivity index (χ0n) is 11.9. The van der Waals surface area contributed by atoms with Gasteiger partial charge >= 0.3 is 0 Å². The monoisotopic (exact) mass is 309 g/mol. The Morgan fingerprint density at radius 2 is 2.32 bits per heavy atom. The van der Waals surface area contributed by atoms with Crippen LogP contribution in [-0.2, 0) is 4.74 Å². The highest BCUT2D eigenvalue weighted by Gasteiger charge is 2.25. The zero-order chi connectivity index (χ0) is 16.1. The fourth-order valence-electron chi connectivity index (χ4n) is 2.11. The summed E-state index contributed by atoms with van der Waals surface area (Å²) in [6, 6.07) is 0. The van der Waals surface area contributed by atoms with Crippen LogP contribution in [0.4, 0.5) is 5.95 Å². The summed E-state index contributed by atoms with van der Waals surface area (Å²) in [5.41, 5.74) is 10.3. The first-order valence-corrected chi connectivity index (χ1v) is 6.62. The Morgan fingerprint density at radius 1 is 1.59 bits per heavy atom. The molecule has 120 valence electrons. The molecule has 0 saturated carbocycles. The van der Waals surface area contributed by atoms with Crippen molar-refractivity contribution < 1.29 is 9.84 Å². The number of aliphatic hydroxyl groups is 1. The lowest BCUT2D eigenvalue weighted by molar-refractivity contribution is -0.0933. The molecule has 2 aromatic heterocycles. The van der Waals surface area contributed by atoms with Gasteiger partial charge in [0, 0.05) is 13.1 Å². The zero-order valence-corrected chi connectivity index (χ0v) is 11.9. The molecule has 2 unspecified atom stereocenters. The van der Waals surface area contributed by atoms with Crippen LogP contribution in [0.2, 0.25) is 0 Å². The summed E-state index contributed by atoms with van der Waals surface area (Å²) < 4.78 is 7.32. The van der Waals surface area contributed by atoms with E-state index in [1.165, 1.54) is 12.5 Å². The Labute approximate surface area is 125 Å². The number of fused-ring (bicyclic) bond motifs is 1. The van der Waals surface area contributed by atoms with E-state index in [2.05, 4.69) is 32.6 Å². The minimum atomic E-state index is -0.385. The maximum absolute atomic E-state index is 11.7. The van der Waals surface area contributed by atoms with E-state index in [9.17, 15) is 4.79 Å². The molecule has 0 radical (unpaired) electrons. The van der Waals surface area contributed by atoms with Gasteiger partial charge in [-0.15, -0.1) is 0 Å². The largest absolute Gasteiger partial charge is 0.405 e. The van der Waals surface area contributed by atoms with Gasteiger partial charge in [0.15, 0.2) is 11.2 Å². The molecule has 0 bridgehead atoms. The third kappa shape index (κ3) is 3.24. The molecule has 7 N–H and O–H groups in total. The van der Waals surface area contributed by atoms with Gasteiger partial charge in [-0.3, -0.25) is 14.3 Å². The third-order valence-electron chi connectivity index (χ3n) is 3.01. The van der Waals surface area contributed by atoms with Crippen LogP contribution in [0.5, 0.6) is 0 Å². The topological polar surface area (TPSA) is 157 Å². The highest BCUT2D eigenvalue weighted by Crippen LogP contribution is 2.18. The molecule has 3 heterocycles. The highest BCUT2D eigenvalue weighted by molar-refractivity contribution is 5.70. The first-order chi connectivity index (χ1) is 10.6. The smallest absolute Gasteiger partial charge is 0.280 e. The van der Waals surface area contributed by atoms with Gasteiger partial charge in [-0.1, -0.05) is 6.58 Å². The van der Waals surface area contributed by atoms with Crippen molar-refractivity contribution in [1.82, 2.24) is 24.8 Å². The number of aromatic nitrogens is 4. The minimum absolute atomic E-state index is 0.0294. The molecule has 1 aliphatic heterocycles. The van der Waals surface area contributed by atoms with E-state index in [1.54, 1.807) is 4.57 Å². The number of nitrogens with one attached hydrogen (secondary N) is 2. The summed E-state index contributed by atoms with van der Waals surface area (Å²) in [6.07, 6.45) is 2.05. The van der Waals surface area contributed by atoms with E-state index in [1.807, 2.05) is 0 Å². The molecule has 2 aromatic rings. The molecule has 10 heteroatoms. The average molecular weight is 309 g/mol. The number of H-pyrrole nitrogens is 1. The van der Waals surface area contributed by atoms with E-state index in [-0.39, 0.29) is 36.0 Å². The van der Waals surface area contributed by atoms with Crippen molar-refractivity contribution in [3.8, 4) is 0 Å². The second-order valence-electron chi connectivity index (χ2n) is 4.56. The lowest BCUT2D eigenvalue weighted by Gasteiger charge is -2.30. The van der Waals surface area contributed by atoms with E-state index in [4.69, 9.17) is 15.6 Å². The molecule has 0 spiro atoms. The quantitative estimate of drug-likeness (QED) is 0.438. The van der Waals surface area contributed by atoms with Gasteiger partial charge in [0.2, 0.25) is 5.95 Å². The van der Waals surface area contributed by atoms with Crippen LogP contribution in [0, 0.1) is 0 Å². The standard InChI is InChI=1S/C10H14N6O3.C2H5N/c11-10-14-8-7(9(18)15-10)13-4-16(8)6-2-12-1-5(3-17)19-6;1-2-3/h4-6,12,17H,1-3H2,(H3,11,14,15,18);2H,1,3H2. The lowest BCUT2D eigenvalue weighted by atomic mass is 10.3. The molecule has 3 rings (SSSR count). The summed E-state index contributed by atoms with van der Waals surface area (Å²) in [5.74, 6) is 0.0294. The van der Waals surface area contributed by atoms with Gasteiger partial charge in [0.25, 0.3) is 5.56 Å². The number of nitrogens with two attached hydrogens (primary N) is 2. The maximum atomic E-state index is 11.7. The molecule has 2 atom stereocenters. The number of hydrogen-bond donors (Lipinski definition) is 5. The number of ether oxygens (including phenoxy) is 1. The van der Waals surface area contributed by atoms with Crippen LogP contribution in [0.15, 0.2) is 23.9 Å². The molecule has 10 nitrogen and oxygen atoms in total. The first kappa shape index (κ1) is 15.9. The molecule has 1 fully saturated rings. The minimum Gasteiger partial charge on any atom is -0.405 e. The number of nitrogens with zero attached hydrogens (tertiary/aromatic N) is 3. The van der Waals surface area contributed by atoms with Crippen LogP contribution >= 0.6 is 0 Å². The number of aliphatic hydroxyl groups excluding tert-OH is 1. The highest BCUT2D eigenvalue weighted by atomic mass is 16.5. The maximum Gasteiger partial charge on any atom is 0.280 e. The predicted octanol–water partition coefficient (Wildman–Crippen LogP) is -1.73. The van der Waals surface area contributed by atoms with Crippen molar-refractivity contribution in [2.75, 3.05) is 25.4 Å². The van der Waals surface area contributed by atoms with Gasteiger partial charge < -0.3 is 26.6 Å². The van der Waals surface area contributed by atoms with E-state index in [0.717, 1.165) is 0 Å². The Balaban J connectivity index is 0.000000545. The summed E-state index contributed by atoms with van der Waals surface area (Å²) in [4.78, 5) is 22.1. The van der Waals surface area contributed by atoms with Crippen molar-refractivity contribution in [1.29, 1.82) is 0 Å². The van der Waals surface area contributed by atoms with Crippen molar-refractivity contribution in [2.24, 2.45) is 5.73 Å². The van der Waals surface area contributed by atoms with Crippen LogP contribution in [-0.4, -0.2) is 50.4 Å². The summed E-state index contributed by atoms with van der Waals surface area (Å²) >= 11 is 0. The SMILES string of the molecule is C=CN.Nc1nc2c(ncn2C2CNCC(CO)O2)c(=O)[nH]1. The van der Waals surface area contributed by atoms with Gasteiger partial charge in [-0.25, -0.2) is 4.98 Å². The molecule has 0 aliphatic carbocycles. The Morgan fingerprint density at radius 3 is 3.00 bits per heavy atom. The van der Waals surface area contributed by atoms with Gasteiger partial charge in [-0.05, 0) is 6.20 Å². The van der Waals surface area contributed by atoms with E-state index >= 15 is 0 Å². The Bertz CT molecular complexity index is 696. The molecular formula is C12H19N7O3. The lowest BCUT2D eigenvalue weighted by Crippen LogP contribution is -2.44. The van der Waals surface area contributed by atoms with Crippen LogP contribution in [0.3, 0.4) is 0 Å². The molecule has 22 heavy (non-hydrogen) atoms. The normalized spacial score (nSPS) is 21.1. The van der Waals surface area contributed by atoms with Crippen molar-refractivity contribution in [3.05, 3.63) is 29.5 Å². The van der Waals surface area contributed by atoms with Crippen molar-refractivity contribution in [2.45, 2.75) is 12.3 Å². The fraction of sp³-hybridized carbons (Fsp3) is 0.417. The number of rotatable bonds is 2. The second-order valence-corrected chi connectivity index (χ2v) is 4.56. The summed E-state index contributed by atoms with van der Waals surface area (Å²) in [5, 5.41) is 12.3. The predicted molar refractivity (Wildman–Crippen MR) is 80.8 cm³/mol. The number of aromatic amines is 1. The van der Waals surface area contributed by atoms with E-state index in [0.29, 0.717) is 18.7 Å². The fourth-order valence-corrected chi connectivity index (χ4v) is 2.11. The second kappa shape index (κ2) is 7.02. The van der Waals surface area contributed by atoms with Crippen LogP contribution in [0.1, 0.15) is 6.23 Å². The first-order valence-electron chi connectivity index (χ1n) is 6.62. The summed E-state index contributed by atoms with van der Waals surface area (Å²) in [6.45, 7) is 4.18. The molecule has 0 aromatic carbocycles. The Hall–Kier alpha value is -2.43. The third-order valence-corrected chi connectivity index (χ3v) is 3.01. The van der Waals surface area contributed by atoms with Gasteiger partial charge in [0.1, 0.15) is 6.23 Å². The molecule has 0 amide bonds.